The highest BCUT2D eigenvalue weighted by Crippen LogP contribution is 2.31. The van der Waals surface area contributed by atoms with Crippen molar-refractivity contribution in [1.82, 2.24) is 19.9 Å². The lowest BCUT2D eigenvalue weighted by Gasteiger charge is -2.17. The summed E-state index contributed by atoms with van der Waals surface area (Å²) in [6.45, 7) is 6.37. The molecule has 19 heavy (non-hydrogen) atoms. The number of hydrogen-bond acceptors (Lipinski definition) is 3. The molecule has 1 unspecified atom stereocenters. The summed E-state index contributed by atoms with van der Waals surface area (Å²) in [7, 11) is 0. The molecule has 0 radical (unpaired) electrons. The van der Waals surface area contributed by atoms with E-state index in [-0.39, 0.29) is 0 Å². The van der Waals surface area contributed by atoms with Crippen molar-refractivity contribution in [2.75, 3.05) is 6.54 Å². The molecule has 0 saturated carbocycles. The van der Waals surface area contributed by atoms with Crippen LogP contribution in [0.5, 0.6) is 0 Å². The maximum absolute atomic E-state index is 4.82. The second-order valence-electron chi connectivity index (χ2n) is 5.28. The van der Waals surface area contributed by atoms with Gasteiger partial charge in [-0.1, -0.05) is 20.3 Å². The summed E-state index contributed by atoms with van der Waals surface area (Å²) < 4.78 is 3.11. The molecule has 2 aromatic rings. The molecule has 102 valence electrons. The Morgan fingerprint density at radius 1 is 1.53 bits per heavy atom. The first-order chi connectivity index (χ1) is 9.22. The molecule has 0 spiro atoms. The molecular weight excluding hydrogens is 304 g/mol. The van der Waals surface area contributed by atoms with E-state index in [1.807, 2.05) is 10.7 Å². The molecule has 0 fully saturated rings. The van der Waals surface area contributed by atoms with Crippen molar-refractivity contribution < 1.29 is 0 Å². The first-order valence-electron chi connectivity index (χ1n) is 6.98. The highest BCUT2D eigenvalue weighted by atomic mass is 79.9. The summed E-state index contributed by atoms with van der Waals surface area (Å²) in [6, 6.07) is 0. The van der Waals surface area contributed by atoms with Crippen molar-refractivity contribution >= 4 is 21.6 Å². The van der Waals surface area contributed by atoms with Gasteiger partial charge in [0.15, 0.2) is 5.65 Å². The van der Waals surface area contributed by atoms with Crippen LogP contribution in [0.25, 0.3) is 5.65 Å². The predicted octanol–water partition coefficient (Wildman–Crippen LogP) is 3.04. The van der Waals surface area contributed by atoms with Gasteiger partial charge in [0, 0.05) is 37.2 Å². The molecule has 3 rings (SSSR count). The van der Waals surface area contributed by atoms with E-state index >= 15 is 0 Å². The number of rotatable bonds is 3. The van der Waals surface area contributed by atoms with Gasteiger partial charge in [0.2, 0.25) is 0 Å². The fourth-order valence-electron chi connectivity index (χ4n) is 2.78. The van der Waals surface area contributed by atoms with E-state index in [1.165, 1.54) is 17.7 Å². The van der Waals surface area contributed by atoms with Crippen molar-refractivity contribution in [3.8, 4) is 0 Å². The number of fused-ring (bicyclic) bond motifs is 3. The average Bonchev–Trinajstić information content (AvgIpc) is 2.77. The minimum absolute atomic E-state index is 0.471. The zero-order valence-corrected chi connectivity index (χ0v) is 13.0. The van der Waals surface area contributed by atoms with E-state index in [0.717, 1.165) is 41.7 Å². The number of nitrogens with one attached hydrogen (secondary N) is 1. The summed E-state index contributed by atoms with van der Waals surface area (Å²) in [4.78, 5) is 4.57. The molecule has 1 atom stereocenters. The van der Waals surface area contributed by atoms with E-state index in [2.05, 4.69) is 40.1 Å². The Morgan fingerprint density at radius 2 is 2.37 bits per heavy atom. The largest absolute Gasteiger partial charge is 0.312 e. The zero-order chi connectivity index (χ0) is 13.4. The quantitative estimate of drug-likeness (QED) is 0.944. The molecule has 1 aliphatic rings. The van der Waals surface area contributed by atoms with Crippen LogP contribution in [-0.2, 0) is 13.0 Å². The van der Waals surface area contributed by atoms with Gasteiger partial charge in [-0.15, -0.1) is 0 Å². The Balaban J connectivity index is 2.14. The molecule has 5 heteroatoms. The molecule has 4 nitrogen and oxygen atoms in total. The van der Waals surface area contributed by atoms with Crippen LogP contribution in [0.1, 0.15) is 49.6 Å². The van der Waals surface area contributed by atoms with Crippen molar-refractivity contribution in [3.05, 3.63) is 27.6 Å². The smallest absolute Gasteiger partial charge is 0.169 e. The minimum atomic E-state index is 0.471. The average molecular weight is 323 g/mol. The van der Waals surface area contributed by atoms with Gasteiger partial charge >= 0.3 is 0 Å². The van der Waals surface area contributed by atoms with Gasteiger partial charge in [-0.3, -0.25) is 0 Å². The van der Waals surface area contributed by atoms with Gasteiger partial charge in [0.05, 0.1) is 15.9 Å². The molecule has 2 aromatic heterocycles. The maximum Gasteiger partial charge on any atom is 0.169 e. The number of aromatic nitrogens is 3. The summed E-state index contributed by atoms with van der Waals surface area (Å²) in [5.41, 5.74) is 4.67. The van der Waals surface area contributed by atoms with Crippen LogP contribution >= 0.6 is 15.9 Å². The standard InChI is InChI=1S/C14H19BrN4/c1-3-4-9(2)13-12(15)14-17-8-10-7-16-6-5-11(10)19(14)18-13/h8-9,16H,3-7H2,1-2H3. The lowest BCUT2D eigenvalue weighted by atomic mass is 10.0. The molecule has 0 bridgehead atoms. The number of hydrogen-bond donors (Lipinski definition) is 1. The first-order valence-corrected chi connectivity index (χ1v) is 7.77. The lowest BCUT2D eigenvalue weighted by molar-refractivity contribution is 0.599. The van der Waals surface area contributed by atoms with E-state index in [0.29, 0.717) is 5.92 Å². The van der Waals surface area contributed by atoms with Gasteiger partial charge in [-0.2, -0.15) is 5.10 Å². The maximum atomic E-state index is 4.82. The second-order valence-corrected chi connectivity index (χ2v) is 6.07. The Labute approximate surface area is 121 Å². The molecule has 0 aromatic carbocycles. The molecule has 1 N–H and O–H groups in total. The molecule has 3 heterocycles. The zero-order valence-electron chi connectivity index (χ0n) is 11.4. The topological polar surface area (TPSA) is 42.2 Å². The molecule has 1 aliphatic heterocycles. The molecule has 0 saturated heterocycles. The Morgan fingerprint density at radius 3 is 3.16 bits per heavy atom. The monoisotopic (exact) mass is 322 g/mol. The highest BCUT2D eigenvalue weighted by molar-refractivity contribution is 9.10. The summed E-state index contributed by atoms with van der Waals surface area (Å²) in [6.07, 6.45) is 5.34. The number of nitrogens with zero attached hydrogens (tertiary/aromatic N) is 3. The number of halogens is 1. The van der Waals surface area contributed by atoms with E-state index in [1.54, 1.807) is 0 Å². The minimum Gasteiger partial charge on any atom is -0.312 e. The van der Waals surface area contributed by atoms with Crippen LogP contribution in [0, 0.1) is 0 Å². The predicted molar refractivity (Wildman–Crippen MR) is 79.4 cm³/mol. The van der Waals surface area contributed by atoms with Gasteiger partial charge in [-0.05, 0) is 22.4 Å². The fourth-order valence-corrected chi connectivity index (χ4v) is 3.52. The van der Waals surface area contributed by atoms with Crippen molar-refractivity contribution in [2.45, 2.75) is 45.6 Å². The van der Waals surface area contributed by atoms with Crippen LogP contribution in [0.15, 0.2) is 10.7 Å². The van der Waals surface area contributed by atoms with Crippen molar-refractivity contribution in [3.63, 3.8) is 0 Å². The van der Waals surface area contributed by atoms with Crippen molar-refractivity contribution in [1.29, 1.82) is 0 Å². The van der Waals surface area contributed by atoms with Crippen LogP contribution < -0.4 is 5.32 Å². The van der Waals surface area contributed by atoms with Crippen molar-refractivity contribution in [2.24, 2.45) is 0 Å². The van der Waals surface area contributed by atoms with Crippen LogP contribution in [0.2, 0.25) is 0 Å². The molecular formula is C14H19BrN4. The van der Waals surface area contributed by atoms with E-state index in [9.17, 15) is 0 Å². The van der Waals surface area contributed by atoms with Crippen LogP contribution in [-0.4, -0.2) is 21.1 Å². The third-order valence-electron chi connectivity index (χ3n) is 3.84. The molecule has 0 aliphatic carbocycles. The lowest BCUT2D eigenvalue weighted by Crippen LogP contribution is -2.26. The summed E-state index contributed by atoms with van der Waals surface area (Å²) in [5.74, 6) is 0.471. The Hall–Kier alpha value is -0.940. The third kappa shape index (κ3) is 2.19. The highest BCUT2D eigenvalue weighted by Gasteiger charge is 2.21. The third-order valence-corrected chi connectivity index (χ3v) is 4.60. The Bertz CT molecular complexity index is 605. The first kappa shape index (κ1) is 13.1. The van der Waals surface area contributed by atoms with Gasteiger partial charge in [0.25, 0.3) is 0 Å². The normalized spacial score (nSPS) is 16.6. The summed E-state index contributed by atoms with van der Waals surface area (Å²) >= 11 is 3.69. The van der Waals surface area contributed by atoms with E-state index in [4.69, 9.17) is 5.10 Å². The SMILES string of the molecule is CCCC(C)c1nn2c3c(cnc2c1Br)CNCC3. The fraction of sp³-hybridized carbons (Fsp3) is 0.571. The van der Waals surface area contributed by atoms with Crippen LogP contribution in [0.3, 0.4) is 0 Å². The van der Waals surface area contributed by atoms with Gasteiger partial charge in [0.1, 0.15) is 0 Å². The second kappa shape index (κ2) is 5.21. The van der Waals surface area contributed by atoms with Gasteiger partial charge in [-0.25, -0.2) is 9.50 Å². The van der Waals surface area contributed by atoms with Gasteiger partial charge < -0.3 is 5.32 Å². The molecule has 0 amide bonds. The van der Waals surface area contributed by atoms with E-state index < -0.39 is 0 Å². The Kier molecular flexibility index (Phi) is 3.58. The van der Waals surface area contributed by atoms with Crippen LogP contribution in [0.4, 0.5) is 0 Å². The summed E-state index contributed by atoms with van der Waals surface area (Å²) in [5, 5.41) is 8.20.